The first-order valence-corrected chi connectivity index (χ1v) is 11.7. The van der Waals surface area contributed by atoms with Gasteiger partial charge in [0.15, 0.2) is 5.78 Å². The second kappa shape index (κ2) is 9.18. The largest absolute Gasteiger partial charge is 0.356 e. The molecule has 0 aromatic heterocycles. The maximum atomic E-state index is 12.8. The van der Waals surface area contributed by atoms with Crippen molar-refractivity contribution in [1.29, 1.82) is 0 Å². The fourth-order valence-corrected chi connectivity index (χ4v) is 5.62. The van der Waals surface area contributed by atoms with Crippen LogP contribution in [0.2, 0.25) is 0 Å². The number of benzene rings is 1. The van der Waals surface area contributed by atoms with E-state index in [4.69, 9.17) is 0 Å². The Balaban J connectivity index is 1.52. The molecule has 1 aromatic rings. The zero-order valence-electron chi connectivity index (χ0n) is 16.5. The molecule has 1 heterocycles. The highest BCUT2D eigenvalue weighted by atomic mass is 32.2. The van der Waals surface area contributed by atoms with Crippen molar-refractivity contribution in [2.45, 2.75) is 56.8 Å². The lowest BCUT2D eigenvalue weighted by Gasteiger charge is -2.31. The second-order valence-corrected chi connectivity index (χ2v) is 9.95. The van der Waals surface area contributed by atoms with Gasteiger partial charge >= 0.3 is 0 Å². The molecule has 154 valence electrons. The van der Waals surface area contributed by atoms with Crippen molar-refractivity contribution in [1.82, 2.24) is 9.62 Å². The predicted octanol–water partition coefficient (Wildman–Crippen LogP) is 2.99. The van der Waals surface area contributed by atoms with Gasteiger partial charge in [-0.3, -0.25) is 9.59 Å². The van der Waals surface area contributed by atoms with Gasteiger partial charge in [-0.05, 0) is 50.7 Å². The normalized spacial score (nSPS) is 20.0. The van der Waals surface area contributed by atoms with Gasteiger partial charge in [-0.2, -0.15) is 4.31 Å². The van der Waals surface area contributed by atoms with E-state index in [2.05, 4.69) is 5.32 Å². The van der Waals surface area contributed by atoms with Crippen molar-refractivity contribution in [3.05, 3.63) is 29.8 Å². The van der Waals surface area contributed by atoms with Crippen LogP contribution in [0.15, 0.2) is 29.2 Å². The molecule has 1 amide bonds. The Morgan fingerprint density at radius 2 is 1.61 bits per heavy atom. The third-order valence-electron chi connectivity index (χ3n) is 6.01. The molecule has 2 aliphatic rings. The number of rotatable bonds is 6. The van der Waals surface area contributed by atoms with Gasteiger partial charge in [0.2, 0.25) is 15.9 Å². The highest BCUT2D eigenvalue weighted by Gasteiger charge is 2.32. The molecule has 0 atom stereocenters. The SMILES string of the molecule is CC(=O)c1ccc(S(=O)(=O)N2CCC(C(=O)NCC3CCCCC3)CC2)cc1. The van der Waals surface area contributed by atoms with E-state index >= 15 is 0 Å². The van der Waals surface area contributed by atoms with Gasteiger partial charge in [-0.25, -0.2) is 8.42 Å². The molecule has 1 N–H and O–H groups in total. The van der Waals surface area contributed by atoms with Gasteiger partial charge in [0, 0.05) is 31.1 Å². The van der Waals surface area contributed by atoms with Crippen molar-refractivity contribution in [2.75, 3.05) is 19.6 Å². The van der Waals surface area contributed by atoms with Gasteiger partial charge < -0.3 is 5.32 Å². The van der Waals surface area contributed by atoms with Crippen molar-refractivity contribution in [2.24, 2.45) is 11.8 Å². The molecule has 1 saturated carbocycles. The summed E-state index contributed by atoms with van der Waals surface area (Å²) in [5, 5.41) is 3.09. The van der Waals surface area contributed by atoms with Crippen LogP contribution in [0, 0.1) is 11.8 Å². The fourth-order valence-electron chi connectivity index (χ4n) is 4.15. The van der Waals surface area contributed by atoms with Crippen molar-refractivity contribution in [3.8, 4) is 0 Å². The van der Waals surface area contributed by atoms with E-state index in [0.29, 0.717) is 37.4 Å². The minimum absolute atomic E-state index is 0.0634. The molecule has 0 unspecified atom stereocenters. The number of nitrogens with one attached hydrogen (secondary N) is 1. The maximum Gasteiger partial charge on any atom is 0.243 e. The first kappa shape index (κ1) is 21.0. The minimum atomic E-state index is -3.59. The van der Waals surface area contributed by atoms with Crippen molar-refractivity contribution in [3.63, 3.8) is 0 Å². The summed E-state index contributed by atoms with van der Waals surface area (Å²) in [6.45, 7) is 2.89. The Hall–Kier alpha value is -1.73. The first-order valence-electron chi connectivity index (χ1n) is 10.3. The zero-order valence-corrected chi connectivity index (χ0v) is 17.3. The van der Waals surface area contributed by atoms with E-state index in [1.165, 1.54) is 55.5 Å². The van der Waals surface area contributed by atoms with Crippen LogP contribution in [-0.2, 0) is 14.8 Å². The molecule has 6 nitrogen and oxygen atoms in total. The van der Waals surface area contributed by atoms with E-state index < -0.39 is 10.0 Å². The average Bonchev–Trinajstić information content (AvgIpc) is 2.73. The van der Waals surface area contributed by atoms with E-state index in [1.807, 2.05) is 0 Å². The van der Waals surface area contributed by atoms with Crippen LogP contribution in [0.25, 0.3) is 0 Å². The summed E-state index contributed by atoms with van der Waals surface area (Å²) in [4.78, 5) is 24.0. The number of carbonyl (C=O) groups excluding carboxylic acids is 2. The lowest BCUT2D eigenvalue weighted by Crippen LogP contribution is -2.43. The third kappa shape index (κ3) is 5.00. The Kier molecular flexibility index (Phi) is 6.88. The summed E-state index contributed by atoms with van der Waals surface area (Å²) in [6, 6.07) is 6.05. The number of sulfonamides is 1. The topological polar surface area (TPSA) is 83.6 Å². The molecule has 0 bridgehead atoms. The highest BCUT2D eigenvalue weighted by molar-refractivity contribution is 7.89. The number of piperidine rings is 1. The number of hydrogen-bond donors (Lipinski definition) is 1. The van der Waals surface area contributed by atoms with Crippen LogP contribution in [0.5, 0.6) is 0 Å². The first-order chi connectivity index (χ1) is 13.4. The third-order valence-corrected chi connectivity index (χ3v) is 7.93. The summed E-state index contributed by atoms with van der Waals surface area (Å²) in [5.74, 6) is 0.448. The Morgan fingerprint density at radius 1 is 1.00 bits per heavy atom. The lowest BCUT2D eigenvalue weighted by atomic mass is 9.89. The molecule has 7 heteroatoms. The fraction of sp³-hybridized carbons (Fsp3) is 0.619. The van der Waals surface area contributed by atoms with Crippen LogP contribution in [0.1, 0.15) is 62.2 Å². The van der Waals surface area contributed by atoms with Crippen LogP contribution in [0.3, 0.4) is 0 Å². The smallest absolute Gasteiger partial charge is 0.243 e. The Bertz CT molecular complexity index is 790. The Morgan fingerprint density at radius 3 is 2.18 bits per heavy atom. The molecular weight excluding hydrogens is 376 g/mol. The standard InChI is InChI=1S/C21H30N2O4S/c1-16(24)18-7-9-20(10-8-18)28(26,27)23-13-11-19(12-14-23)21(25)22-15-17-5-3-2-4-6-17/h7-10,17,19H,2-6,11-15H2,1H3,(H,22,25). The molecule has 1 aromatic carbocycles. The number of hydrogen-bond acceptors (Lipinski definition) is 4. The van der Waals surface area contributed by atoms with E-state index in [0.717, 1.165) is 6.54 Å². The van der Waals surface area contributed by atoms with Crippen LogP contribution in [-0.4, -0.2) is 44.0 Å². The molecule has 1 aliphatic carbocycles. The van der Waals surface area contributed by atoms with Crippen molar-refractivity contribution >= 4 is 21.7 Å². The average molecular weight is 407 g/mol. The molecule has 28 heavy (non-hydrogen) atoms. The van der Waals surface area contributed by atoms with Gasteiger partial charge in [-0.15, -0.1) is 0 Å². The zero-order chi connectivity index (χ0) is 20.1. The van der Waals surface area contributed by atoms with E-state index in [1.54, 1.807) is 12.1 Å². The maximum absolute atomic E-state index is 12.8. The van der Waals surface area contributed by atoms with Crippen LogP contribution >= 0.6 is 0 Å². The second-order valence-electron chi connectivity index (χ2n) is 8.01. The summed E-state index contributed by atoms with van der Waals surface area (Å²) in [7, 11) is -3.59. The molecule has 1 saturated heterocycles. The molecule has 3 rings (SSSR count). The Labute approximate surface area is 167 Å². The number of amides is 1. The number of carbonyl (C=O) groups is 2. The summed E-state index contributed by atoms with van der Waals surface area (Å²) < 4.78 is 27.1. The number of nitrogens with zero attached hydrogens (tertiary/aromatic N) is 1. The van der Waals surface area contributed by atoms with E-state index in [9.17, 15) is 18.0 Å². The van der Waals surface area contributed by atoms with Crippen LogP contribution < -0.4 is 5.32 Å². The monoisotopic (exact) mass is 406 g/mol. The quantitative estimate of drug-likeness (QED) is 0.736. The predicted molar refractivity (Wildman–Crippen MR) is 108 cm³/mol. The molecular formula is C21H30N2O4S. The highest BCUT2D eigenvalue weighted by Crippen LogP contribution is 2.25. The van der Waals surface area contributed by atoms with Crippen molar-refractivity contribution < 1.29 is 18.0 Å². The molecule has 1 aliphatic heterocycles. The van der Waals surface area contributed by atoms with Crippen LogP contribution in [0.4, 0.5) is 0 Å². The van der Waals surface area contributed by atoms with Gasteiger partial charge in [0.1, 0.15) is 0 Å². The molecule has 2 fully saturated rings. The minimum Gasteiger partial charge on any atom is -0.356 e. The molecule has 0 spiro atoms. The van der Waals surface area contributed by atoms with Gasteiger partial charge in [0.25, 0.3) is 0 Å². The summed E-state index contributed by atoms with van der Waals surface area (Å²) in [6.07, 6.45) is 7.28. The van der Waals surface area contributed by atoms with Gasteiger partial charge in [0.05, 0.1) is 4.90 Å². The summed E-state index contributed by atoms with van der Waals surface area (Å²) in [5.41, 5.74) is 0.493. The molecule has 0 radical (unpaired) electrons. The number of Topliss-reactive ketones (excluding diaryl/α,β-unsaturated/α-hetero) is 1. The summed E-state index contributed by atoms with van der Waals surface area (Å²) >= 11 is 0. The lowest BCUT2D eigenvalue weighted by molar-refractivity contribution is -0.126. The van der Waals surface area contributed by atoms with Gasteiger partial charge in [-0.1, -0.05) is 31.4 Å². The number of ketones is 1. The van der Waals surface area contributed by atoms with E-state index in [-0.39, 0.29) is 22.5 Å².